The fourth-order valence-corrected chi connectivity index (χ4v) is 2.45. The Morgan fingerprint density at radius 3 is 2.79 bits per heavy atom. The van der Waals surface area contributed by atoms with Crippen molar-refractivity contribution in [3.63, 3.8) is 0 Å². The first-order valence-electron chi connectivity index (χ1n) is 6.04. The van der Waals surface area contributed by atoms with Crippen molar-refractivity contribution in [1.82, 2.24) is 5.32 Å². The number of nitrogens with one attached hydrogen (secondary N) is 1. The molecular weight excluding hydrogens is 174 g/mol. The van der Waals surface area contributed by atoms with E-state index in [-0.39, 0.29) is 6.04 Å². The molecule has 0 aromatic heterocycles. The lowest BCUT2D eigenvalue weighted by Crippen LogP contribution is -2.48. The number of rotatable bonds is 3. The van der Waals surface area contributed by atoms with Crippen LogP contribution in [0.5, 0.6) is 0 Å². The second-order valence-corrected chi connectivity index (χ2v) is 4.92. The van der Waals surface area contributed by atoms with Crippen LogP contribution < -0.4 is 5.32 Å². The van der Waals surface area contributed by atoms with E-state index >= 15 is 0 Å². The summed E-state index contributed by atoms with van der Waals surface area (Å²) in [5.41, 5.74) is -0.458. The third kappa shape index (κ3) is 2.96. The fourth-order valence-electron chi connectivity index (χ4n) is 2.45. The van der Waals surface area contributed by atoms with E-state index in [1.807, 2.05) is 0 Å². The van der Waals surface area contributed by atoms with Crippen molar-refractivity contribution in [3.05, 3.63) is 0 Å². The molecule has 2 heteroatoms. The van der Waals surface area contributed by atoms with E-state index in [1.54, 1.807) is 0 Å². The number of hydrogen-bond acceptors (Lipinski definition) is 2. The second-order valence-electron chi connectivity index (χ2n) is 4.92. The van der Waals surface area contributed by atoms with Crippen molar-refractivity contribution in [2.24, 2.45) is 5.92 Å². The molecule has 0 radical (unpaired) electrons. The summed E-state index contributed by atoms with van der Waals surface area (Å²) in [6, 6.07) is 0.234. The molecule has 2 nitrogen and oxygen atoms in total. The summed E-state index contributed by atoms with van der Waals surface area (Å²) in [5, 5.41) is 13.9. The largest absolute Gasteiger partial charge is 0.388 e. The van der Waals surface area contributed by atoms with Gasteiger partial charge in [0.15, 0.2) is 0 Å². The van der Waals surface area contributed by atoms with E-state index in [9.17, 15) is 5.11 Å². The van der Waals surface area contributed by atoms with Gasteiger partial charge >= 0.3 is 0 Å². The van der Waals surface area contributed by atoms with Crippen molar-refractivity contribution in [2.45, 2.75) is 64.5 Å². The van der Waals surface area contributed by atoms with Crippen LogP contribution in [0.2, 0.25) is 0 Å². The SMILES string of the molecule is CCNC(C)C1(O)CCCC(C)CC1. The zero-order valence-corrected chi connectivity index (χ0v) is 9.84. The molecule has 3 atom stereocenters. The molecule has 1 fully saturated rings. The number of likely N-dealkylation sites (N-methyl/N-ethyl adjacent to an activating group) is 1. The van der Waals surface area contributed by atoms with Crippen LogP contribution in [-0.2, 0) is 0 Å². The Labute approximate surface area is 88.1 Å². The van der Waals surface area contributed by atoms with Crippen LogP contribution in [0.15, 0.2) is 0 Å². The van der Waals surface area contributed by atoms with Gasteiger partial charge < -0.3 is 10.4 Å². The van der Waals surface area contributed by atoms with Gasteiger partial charge in [-0.2, -0.15) is 0 Å². The van der Waals surface area contributed by atoms with Crippen LogP contribution >= 0.6 is 0 Å². The van der Waals surface area contributed by atoms with Gasteiger partial charge in [0.1, 0.15) is 0 Å². The number of hydrogen-bond donors (Lipinski definition) is 2. The Balaban J connectivity index is 2.53. The second kappa shape index (κ2) is 5.13. The van der Waals surface area contributed by atoms with Crippen LogP contribution in [0, 0.1) is 5.92 Å². The van der Waals surface area contributed by atoms with Crippen molar-refractivity contribution < 1.29 is 5.11 Å². The summed E-state index contributed by atoms with van der Waals surface area (Å²) in [6.07, 6.45) is 5.55. The summed E-state index contributed by atoms with van der Waals surface area (Å²) < 4.78 is 0. The molecule has 0 heterocycles. The van der Waals surface area contributed by atoms with Crippen LogP contribution in [-0.4, -0.2) is 23.3 Å². The maximum atomic E-state index is 10.5. The predicted molar refractivity (Wildman–Crippen MR) is 60.3 cm³/mol. The van der Waals surface area contributed by atoms with Gasteiger partial charge in [-0.25, -0.2) is 0 Å². The highest BCUT2D eigenvalue weighted by Crippen LogP contribution is 2.32. The van der Waals surface area contributed by atoms with Crippen molar-refractivity contribution in [2.75, 3.05) is 6.54 Å². The van der Waals surface area contributed by atoms with Gasteiger partial charge in [0, 0.05) is 6.04 Å². The summed E-state index contributed by atoms with van der Waals surface area (Å²) >= 11 is 0. The zero-order chi connectivity index (χ0) is 10.6. The lowest BCUT2D eigenvalue weighted by atomic mass is 9.87. The standard InChI is InChI=1S/C12H25NO/c1-4-13-11(3)12(14)8-5-6-10(2)7-9-12/h10-11,13-14H,4-9H2,1-3H3. The smallest absolute Gasteiger partial charge is 0.0797 e. The average molecular weight is 199 g/mol. The summed E-state index contributed by atoms with van der Waals surface area (Å²) in [6.45, 7) is 7.45. The van der Waals surface area contributed by atoms with E-state index in [0.29, 0.717) is 0 Å². The monoisotopic (exact) mass is 199 g/mol. The Kier molecular flexibility index (Phi) is 4.39. The van der Waals surface area contributed by atoms with E-state index in [1.165, 1.54) is 19.3 Å². The fraction of sp³-hybridized carbons (Fsp3) is 1.00. The minimum Gasteiger partial charge on any atom is -0.388 e. The third-order valence-corrected chi connectivity index (χ3v) is 3.69. The summed E-state index contributed by atoms with van der Waals surface area (Å²) in [4.78, 5) is 0. The van der Waals surface area contributed by atoms with Crippen molar-refractivity contribution >= 4 is 0 Å². The summed E-state index contributed by atoms with van der Waals surface area (Å²) in [7, 11) is 0. The lowest BCUT2D eigenvalue weighted by molar-refractivity contribution is -0.00691. The molecular formula is C12H25NO. The van der Waals surface area contributed by atoms with Gasteiger partial charge in [0.2, 0.25) is 0 Å². The molecule has 0 bridgehead atoms. The van der Waals surface area contributed by atoms with Gasteiger partial charge in [-0.05, 0) is 38.6 Å². The Hall–Kier alpha value is -0.0800. The molecule has 0 amide bonds. The van der Waals surface area contributed by atoms with E-state index < -0.39 is 5.60 Å². The molecule has 1 aliphatic rings. The molecule has 0 saturated heterocycles. The van der Waals surface area contributed by atoms with Crippen LogP contribution in [0.25, 0.3) is 0 Å². The highest BCUT2D eigenvalue weighted by atomic mass is 16.3. The maximum absolute atomic E-state index is 10.5. The van der Waals surface area contributed by atoms with Gasteiger partial charge in [-0.3, -0.25) is 0 Å². The van der Waals surface area contributed by atoms with E-state index in [4.69, 9.17) is 0 Å². The molecule has 84 valence electrons. The minimum absolute atomic E-state index is 0.234. The van der Waals surface area contributed by atoms with Gasteiger partial charge in [0.25, 0.3) is 0 Å². The summed E-state index contributed by atoms with van der Waals surface area (Å²) in [5.74, 6) is 0.790. The molecule has 1 rings (SSSR count). The highest BCUT2D eigenvalue weighted by molar-refractivity contribution is 4.90. The molecule has 0 spiro atoms. The molecule has 3 unspecified atom stereocenters. The topological polar surface area (TPSA) is 32.3 Å². The Bertz CT molecular complexity index is 172. The zero-order valence-electron chi connectivity index (χ0n) is 9.84. The van der Waals surface area contributed by atoms with Crippen molar-refractivity contribution in [1.29, 1.82) is 0 Å². The molecule has 1 saturated carbocycles. The van der Waals surface area contributed by atoms with Crippen LogP contribution in [0.4, 0.5) is 0 Å². The maximum Gasteiger partial charge on any atom is 0.0797 e. The third-order valence-electron chi connectivity index (χ3n) is 3.69. The van der Waals surface area contributed by atoms with Gasteiger partial charge in [-0.1, -0.05) is 26.7 Å². The lowest BCUT2D eigenvalue weighted by Gasteiger charge is -2.33. The Morgan fingerprint density at radius 1 is 1.43 bits per heavy atom. The van der Waals surface area contributed by atoms with Crippen molar-refractivity contribution in [3.8, 4) is 0 Å². The van der Waals surface area contributed by atoms with E-state index in [2.05, 4.69) is 26.1 Å². The number of aliphatic hydroxyl groups is 1. The molecule has 0 aliphatic heterocycles. The molecule has 1 aliphatic carbocycles. The van der Waals surface area contributed by atoms with Crippen LogP contribution in [0.1, 0.15) is 52.9 Å². The highest BCUT2D eigenvalue weighted by Gasteiger charge is 2.34. The molecule has 14 heavy (non-hydrogen) atoms. The Morgan fingerprint density at radius 2 is 2.14 bits per heavy atom. The minimum atomic E-state index is -0.458. The average Bonchev–Trinajstić information content (AvgIpc) is 2.30. The first-order valence-corrected chi connectivity index (χ1v) is 6.04. The van der Waals surface area contributed by atoms with E-state index in [0.717, 1.165) is 25.3 Å². The molecule has 0 aromatic rings. The molecule has 2 N–H and O–H groups in total. The van der Waals surface area contributed by atoms with Gasteiger partial charge in [-0.15, -0.1) is 0 Å². The first-order chi connectivity index (χ1) is 6.58. The normalized spacial score (nSPS) is 36.4. The predicted octanol–water partition coefficient (Wildman–Crippen LogP) is 2.32. The molecule has 0 aromatic carbocycles. The first kappa shape index (κ1) is 12.0. The van der Waals surface area contributed by atoms with Gasteiger partial charge in [0.05, 0.1) is 5.60 Å². The van der Waals surface area contributed by atoms with Crippen LogP contribution in [0.3, 0.4) is 0 Å². The quantitative estimate of drug-likeness (QED) is 0.684.